The number of aliphatic hydroxyl groups is 1. The molecule has 1 aliphatic heterocycles. The number of nitrogens with zero attached hydrogens (tertiary/aromatic N) is 2. The molecule has 2 N–H and O–H groups in total. The zero-order chi connectivity index (χ0) is 15.9. The molecule has 3 rings (SSSR count). The third kappa shape index (κ3) is 2.14. The lowest BCUT2D eigenvalue weighted by Gasteiger charge is -2.26. The molecule has 9 heteroatoms. The number of pyridine rings is 1. The summed E-state index contributed by atoms with van der Waals surface area (Å²) in [4.78, 5) is 16.4. The average Bonchev–Trinajstić information content (AvgIpc) is 2.97. The van der Waals surface area contributed by atoms with Crippen LogP contribution in [0, 0.1) is 0 Å². The van der Waals surface area contributed by atoms with E-state index in [0.29, 0.717) is 5.82 Å². The van der Waals surface area contributed by atoms with Crippen LogP contribution in [0.3, 0.4) is 0 Å². The summed E-state index contributed by atoms with van der Waals surface area (Å²) in [7, 11) is -2.63. The summed E-state index contributed by atoms with van der Waals surface area (Å²) in [6.07, 6.45) is 1.50. The highest BCUT2D eigenvalue weighted by Crippen LogP contribution is 2.35. The number of rotatable bonds is 2. The van der Waals surface area contributed by atoms with Crippen LogP contribution in [0.4, 0.5) is 5.82 Å². The lowest BCUT2D eigenvalue weighted by Crippen LogP contribution is -2.37. The first-order valence-electron chi connectivity index (χ1n) is 6.15. The molecule has 0 spiro atoms. The van der Waals surface area contributed by atoms with Gasteiger partial charge in [-0.25, -0.2) is 13.4 Å². The van der Waals surface area contributed by atoms with Gasteiger partial charge in [0.1, 0.15) is 10.7 Å². The van der Waals surface area contributed by atoms with Gasteiger partial charge in [0.25, 0.3) is 10.0 Å². The minimum atomic E-state index is -3.85. The Morgan fingerprint density at radius 2 is 2.14 bits per heavy atom. The molecule has 0 radical (unpaired) electrons. The largest absolute Gasteiger partial charge is 0.493 e. The first-order chi connectivity index (χ1) is 10.4. The van der Waals surface area contributed by atoms with Crippen LogP contribution in [0.5, 0.6) is 0 Å². The smallest absolute Gasteiger partial charge is 0.265 e. The zero-order valence-corrected chi connectivity index (χ0v) is 13.0. The van der Waals surface area contributed by atoms with Gasteiger partial charge in [-0.15, -0.1) is 11.3 Å². The van der Waals surface area contributed by atoms with Crippen molar-refractivity contribution in [1.29, 1.82) is 0 Å². The van der Waals surface area contributed by atoms with Crippen molar-refractivity contribution < 1.29 is 18.3 Å². The Balaban J connectivity index is 2.11. The number of nitrogens with one attached hydrogen (secondary N) is 1. The molecule has 0 aromatic carbocycles. The van der Waals surface area contributed by atoms with Gasteiger partial charge >= 0.3 is 0 Å². The molecule has 2 aromatic heterocycles. The number of thiophene rings is 1. The van der Waals surface area contributed by atoms with Gasteiger partial charge in [-0.2, -0.15) is 0 Å². The van der Waals surface area contributed by atoms with E-state index in [-0.39, 0.29) is 15.5 Å². The molecule has 2 aromatic rings. The summed E-state index contributed by atoms with van der Waals surface area (Å²) in [6, 6.07) is 6.34. The minimum absolute atomic E-state index is 0.0422. The number of anilines is 1. The number of allylic oxidation sites excluding steroid dienone is 1. The van der Waals surface area contributed by atoms with Gasteiger partial charge in [-0.3, -0.25) is 9.10 Å². The maximum absolute atomic E-state index is 12.4. The fraction of sp³-hybridized carbons (Fsp3) is 0.0769. The number of fused-ring (bicyclic) bond motifs is 1. The summed E-state index contributed by atoms with van der Waals surface area (Å²) in [5, 5.41) is 14.2. The lowest BCUT2D eigenvalue weighted by molar-refractivity contribution is 0.100. The summed E-state index contributed by atoms with van der Waals surface area (Å²) in [6.45, 7) is 0. The number of Topliss-reactive ketones (excluding diaryl/α,β-unsaturated/α-hetero) is 1. The van der Waals surface area contributed by atoms with Crippen LogP contribution in [0.2, 0.25) is 0 Å². The highest BCUT2D eigenvalue weighted by Gasteiger charge is 2.40. The first kappa shape index (κ1) is 14.5. The van der Waals surface area contributed by atoms with Crippen molar-refractivity contribution in [2.45, 2.75) is 4.90 Å². The maximum atomic E-state index is 12.4. The summed E-state index contributed by atoms with van der Waals surface area (Å²) >= 11 is 1.02. The highest BCUT2D eigenvalue weighted by molar-refractivity contribution is 7.89. The molecule has 0 unspecified atom stereocenters. The molecule has 114 valence electrons. The van der Waals surface area contributed by atoms with Gasteiger partial charge in [0, 0.05) is 13.2 Å². The van der Waals surface area contributed by atoms with Crippen molar-refractivity contribution in [3.05, 3.63) is 52.3 Å². The second-order valence-electron chi connectivity index (χ2n) is 4.45. The molecular formula is C13H11N3O4S2. The Morgan fingerprint density at radius 1 is 1.36 bits per heavy atom. The van der Waals surface area contributed by atoms with Crippen molar-refractivity contribution in [2.24, 2.45) is 0 Å². The normalized spacial score (nSPS) is 18.8. The highest BCUT2D eigenvalue weighted by atomic mass is 32.2. The summed E-state index contributed by atoms with van der Waals surface area (Å²) < 4.78 is 25.5. The molecular weight excluding hydrogens is 326 g/mol. The monoisotopic (exact) mass is 337 g/mol. The van der Waals surface area contributed by atoms with E-state index < -0.39 is 21.7 Å². The zero-order valence-electron chi connectivity index (χ0n) is 11.3. The molecule has 1 aliphatic rings. The van der Waals surface area contributed by atoms with E-state index in [9.17, 15) is 18.3 Å². The predicted molar refractivity (Wildman–Crippen MR) is 81.1 cm³/mol. The fourth-order valence-electron chi connectivity index (χ4n) is 2.06. The van der Waals surface area contributed by atoms with E-state index in [2.05, 4.69) is 10.3 Å². The van der Waals surface area contributed by atoms with Crippen LogP contribution < -0.4 is 5.32 Å². The second kappa shape index (κ2) is 5.11. The van der Waals surface area contributed by atoms with Crippen molar-refractivity contribution in [2.75, 3.05) is 12.4 Å². The van der Waals surface area contributed by atoms with E-state index >= 15 is 0 Å². The number of ketones is 1. The minimum Gasteiger partial charge on any atom is -0.493 e. The number of carbonyl (C=O) groups is 1. The van der Waals surface area contributed by atoms with Gasteiger partial charge in [0.15, 0.2) is 5.70 Å². The molecule has 0 bridgehead atoms. The van der Waals surface area contributed by atoms with Crippen LogP contribution >= 0.6 is 11.3 Å². The average molecular weight is 337 g/mol. The summed E-state index contributed by atoms with van der Waals surface area (Å²) in [5.41, 5.74) is -0.333. The number of sulfonamides is 1. The van der Waals surface area contributed by atoms with Gasteiger partial charge in [-0.05, 0) is 23.6 Å². The molecule has 0 amide bonds. The van der Waals surface area contributed by atoms with E-state index in [1.165, 1.54) is 24.7 Å². The quantitative estimate of drug-likeness (QED) is 0.640. The number of carbonyl (C=O) groups excluding carboxylic acids is 1. The Bertz CT molecular complexity index is 872. The van der Waals surface area contributed by atoms with E-state index in [1.807, 2.05) is 0 Å². The molecule has 22 heavy (non-hydrogen) atoms. The Morgan fingerprint density at radius 3 is 2.82 bits per heavy atom. The standard InChI is InChI=1S/C13H11N3O4S2/c1-16-10(13(18)15-9-4-2-3-6-14-9)11(17)12-8(5-7-21-12)22(16,19)20/h2-7,18H,1H3,(H,14,15). The lowest BCUT2D eigenvalue weighted by atomic mass is 10.2. The predicted octanol–water partition coefficient (Wildman–Crippen LogP) is 1.80. The van der Waals surface area contributed by atoms with Crippen molar-refractivity contribution >= 4 is 33.0 Å². The topological polar surface area (TPSA) is 99.6 Å². The second-order valence-corrected chi connectivity index (χ2v) is 7.31. The Labute approximate surface area is 130 Å². The number of hydrogen-bond acceptors (Lipinski definition) is 7. The number of likely N-dealkylation sites (N-methyl/N-ethyl adjacent to an activating group) is 1. The molecule has 0 saturated carbocycles. The van der Waals surface area contributed by atoms with Crippen LogP contribution in [-0.4, -0.2) is 35.6 Å². The number of hydrogen-bond donors (Lipinski definition) is 2. The molecule has 7 nitrogen and oxygen atoms in total. The molecule has 3 heterocycles. The van der Waals surface area contributed by atoms with Crippen LogP contribution in [-0.2, 0) is 10.0 Å². The Hall–Kier alpha value is -2.39. The van der Waals surface area contributed by atoms with Gasteiger partial charge < -0.3 is 10.4 Å². The van der Waals surface area contributed by atoms with Crippen LogP contribution in [0.1, 0.15) is 9.67 Å². The SMILES string of the molecule is CN1C(=C(O)Nc2ccccn2)C(=O)c2sccc2S1(=O)=O. The third-order valence-electron chi connectivity index (χ3n) is 3.14. The molecule has 0 aliphatic carbocycles. The summed E-state index contributed by atoms with van der Waals surface area (Å²) in [5.74, 6) is -0.819. The number of aromatic nitrogens is 1. The maximum Gasteiger partial charge on any atom is 0.265 e. The van der Waals surface area contributed by atoms with E-state index in [0.717, 1.165) is 15.6 Å². The van der Waals surface area contributed by atoms with Crippen molar-refractivity contribution in [3.63, 3.8) is 0 Å². The Kier molecular flexibility index (Phi) is 3.38. The van der Waals surface area contributed by atoms with Gasteiger partial charge in [0.05, 0.1) is 4.88 Å². The van der Waals surface area contributed by atoms with Crippen molar-refractivity contribution in [3.8, 4) is 0 Å². The fourth-order valence-corrected chi connectivity index (χ4v) is 4.60. The van der Waals surface area contributed by atoms with Crippen LogP contribution in [0.15, 0.2) is 52.3 Å². The third-order valence-corrected chi connectivity index (χ3v) is 5.98. The van der Waals surface area contributed by atoms with Crippen molar-refractivity contribution in [1.82, 2.24) is 9.29 Å². The first-order valence-corrected chi connectivity index (χ1v) is 8.47. The molecule has 0 fully saturated rings. The molecule has 0 atom stereocenters. The van der Waals surface area contributed by atoms with Crippen LogP contribution in [0.25, 0.3) is 0 Å². The number of aliphatic hydroxyl groups excluding tert-OH is 1. The van der Waals surface area contributed by atoms with Gasteiger partial charge in [-0.1, -0.05) is 6.07 Å². The van der Waals surface area contributed by atoms with E-state index in [1.54, 1.807) is 18.2 Å². The van der Waals surface area contributed by atoms with E-state index in [4.69, 9.17) is 0 Å². The van der Waals surface area contributed by atoms with Gasteiger partial charge in [0.2, 0.25) is 11.7 Å². The molecule has 0 saturated heterocycles.